The van der Waals surface area contributed by atoms with E-state index < -0.39 is 11.6 Å². The number of amides is 2. The summed E-state index contributed by atoms with van der Waals surface area (Å²) in [5.41, 5.74) is 2.96. The van der Waals surface area contributed by atoms with Gasteiger partial charge in [0, 0.05) is 29.7 Å². The van der Waals surface area contributed by atoms with Crippen LogP contribution >= 0.6 is 0 Å². The first-order valence-corrected chi connectivity index (χ1v) is 13.5. The predicted molar refractivity (Wildman–Crippen MR) is 142 cm³/mol. The Labute approximate surface area is 214 Å². The molecule has 1 saturated carbocycles. The molecule has 6 nitrogen and oxygen atoms in total. The highest BCUT2D eigenvalue weighted by molar-refractivity contribution is 5.82. The largest absolute Gasteiger partial charge is 0.465 e. The lowest BCUT2D eigenvalue weighted by Gasteiger charge is -2.51. The average molecular weight is 490 g/mol. The van der Waals surface area contributed by atoms with Crippen LogP contribution in [0, 0.1) is 11.8 Å². The van der Waals surface area contributed by atoms with Crippen molar-refractivity contribution in [2.45, 2.75) is 83.0 Å². The Hall–Kier alpha value is -3.02. The molecule has 0 aromatic heterocycles. The van der Waals surface area contributed by atoms with Crippen molar-refractivity contribution in [3.8, 4) is 0 Å². The second-order valence-electron chi connectivity index (χ2n) is 11.7. The van der Waals surface area contributed by atoms with E-state index in [0.29, 0.717) is 0 Å². The van der Waals surface area contributed by atoms with E-state index in [4.69, 9.17) is 0 Å². The smallest absolute Gasteiger partial charge is 0.408 e. The molecule has 36 heavy (non-hydrogen) atoms. The molecule has 2 aliphatic heterocycles. The van der Waals surface area contributed by atoms with Crippen LogP contribution in [0.25, 0.3) is 0 Å². The summed E-state index contributed by atoms with van der Waals surface area (Å²) in [6, 6.07) is 18.8. The van der Waals surface area contributed by atoms with Gasteiger partial charge in [0.25, 0.3) is 0 Å². The number of rotatable bonds is 3. The molecule has 2 aromatic rings. The van der Waals surface area contributed by atoms with Crippen molar-refractivity contribution < 1.29 is 14.7 Å². The lowest BCUT2D eigenvalue weighted by Crippen LogP contribution is -2.58. The van der Waals surface area contributed by atoms with Gasteiger partial charge in [-0.2, -0.15) is 0 Å². The molecular formula is C30H39N3O3. The monoisotopic (exact) mass is 489 g/mol. The van der Waals surface area contributed by atoms with Crippen LogP contribution in [0.2, 0.25) is 0 Å². The normalized spacial score (nSPS) is 27.9. The number of carboxylic acid groups (broad SMARTS) is 1. The summed E-state index contributed by atoms with van der Waals surface area (Å²) in [5.74, 6) is 0.0960. The third-order valence-corrected chi connectivity index (χ3v) is 8.45. The zero-order valence-electron chi connectivity index (χ0n) is 21.7. The number of hydrogen-bond acceptors (Lipinski definition) is 3. The van der Waals surface area contributed by atoms with Gasteiger partial charge in [-0.1, -0.05) is 61.4 Å². The van der Waals surface area contributed by atoms with Crippen LogP contribution in [0.3, 0.4) is 0 Å². The van der Waals surface area contributed by atoms with Gasteiger partial charge in [-0.15, -0.1) is 0 Å². The molecule has 2 N–H and O–H groups in total. The number of hydrogen-bond donors (Lipinski definition) is 2. The molecule has 3 aliphatic rings. The standard InChI is InChI=1S/C30H39N3O3/c1-30(2,3)33(29(35)36)25-18-10-8-15-22(25)28(34)32-19-11-16-23-26(20-12-5-4-6-13-20)31-24-17-9-7-14-21(24)27(23)32/h4-7,9,12-14,17,22-23,25-27,31H,8,10-11,15-16,18-19H2,1-3H3,(H,35,36)/t22-,23?,25+,26?,27?/m0/s1. The Bertz CT molecular complexity index is 1100. The number of benzene rings is 2. The van der Waals surface area contributed by atoms with Gasteiger partial charge in [-0.05, 0) is 63.6 Å². The van der Waals surface area contributed by atoms with Crippen LogP contribution in [-0.4, -0.2) is 45.0 Å². The molecule has 5 rings (SSSR count). The number of para-hydroxylation sites is 1. The van der Waals surface area contributed by atoms with E-state index >= 15 is 0 Å². The summed E-state index contributed by atoms with van der Waals surface area (Å²) in [6.45, 7) is 6.52. The molecule has 0 spiro atoms. The molecule has 2 fully saturated rings. The van der Waals surface area contributed by atoms with Crippen molar-refractivity contribution in [1.82, 2.24) is 9.80 Å². The number of carbonyl (C=O) groups is 2. The van der Waals surface area contributed by atoms with E-state index in [0.717, 1.165) is 50.8 Å². The quantitative estimate of drug-likeness (QED) is 0.518. The highest BCUT2D eigenvalue weighted by Crippen LogP contribution is 2.51. The Morgan fingerprint density at radius 3 is 2.36 bits per heavy atom. The maximum absolute atomic E-state index is 14.4. The number of nitrogens with one attached hydrogen (secondary N) is 1. The number of piperidine rings is 1. The first kappa shape index (κ1) is 24.7. The van der Waals surface area contributed by atoms with Crippen LogP contribution in [0.4, 0.5) is 10.5 Å². The summed E-state index contributed by atoms with van der Waals surface area (Å²) >= 11 is 0. The van der Waals surface area contributed by atoms with E-state index in [2.05, 4.69) is 58.7 Å². The molecule has 5 atom stereocenters. The molecule has 1 aliphatic carbocycles. The van der Waals surface area contributed by atoms with Crippen molar-refractivity contribution >= 4 is 17.7 Å². The zero-order valence-corrected chi connectivity index (χ0v) is 21.7. The van der Waals surface area contributed by atoms with Gasteiger partial charge >= 0.3 is 6.09 Å². The number of carbonyl (C=O) groups excluding carboxylic acids is 1. The first-order chi connectivity index (χ1) is 17.3. The van der Waals surface area contributed by atoms with E-state index in [1.54, 1.807) is 4.90 Å². The molecule has 0 radical (unpaired) electrons. The third-order valence-electron chi connectivity index (χ3n) is 8.45. The first-order valence-electron chi connectivity index (χ1n) is 13.5. The second kappa shape index (κ2) is 9.79. The lowest BCUT2D eigenvalue weighted by atomic mass is 9.73. The average Bonchev–Trinajstić information content (AvgIpc) is 2.87. The fraction of sp³-hybridized carbons (Fsp3) is 0.533. The summed E-state index contributed by atoms with van der Waals surface area (Å²) in [7, 11) is 0. The second-order valence-corrected chi connectivity index (χ2v) is 11.7. The maximum atomic E-state index is 14.4. The van der Waals surface area contributed by atoms with Crippen LogP contribution in [0.5, 0.6) is 0 Å². The molecular weight excluding hydrogens is 450 g/mol. The molecule has 2 aromatic carbocycles. The van der Waals surface area contributed by atoms with E-state index in [1.807, 2.05) is 26.8 Å². The summed E-state index contributed by atoms with van der Waals surface area (Å²) in [4.78, 5) is 30.5. The number of likely N-dealkylation sites (tertiary alicyclic amines) is 1. The minimum atomic E-state index is -0.930. The molecule has 6 heteroatoms. The van der Waals surface area contributed by atoms with Crippen molar-refractivity contribution in [1.29, 1.82) is 0 Å². The van der Waals surface area contributed by atoms with Gasteiger partial charge < -0.3 is 15.3 Å². The van der Waals surface area contributed by atoms with Gasteiger partial charge in [-0.3, -0.25) is 9.69 Å². The molecule has 1 saturated heterocycles. The van der Waals surface area contributed by atoms with Gasteiger partial charge in [0.1, 0.15) is 0 Å². The van der Waals surface area contributed by atoms with Crippen molar-refractivity contribution in [2.24, 2.45) is 11.8 Å². The minimum Gasteiger partial charge on any atom is -0.465 e. The summed E-state index contributed by atoms with van der Waals surface area (Å²) in [5, 5.41) is 13.9. The Balaban J connectivity index is 1.52. The third kappa shape index (κ3) is 4.46. The Kier molecular flexibility index (Phi) is 6.71. The molecule has 192 valence electrons. The molecule has 2 heterocycles. The van der Waals surface area contributed by atoms with Crippen molar-refractivity contribution in [3.05, 3.63) is 65.7 Å². The topological polar surface area (TPSA) is 72.9 Å². The number of nitrogens with zero attached hydrogens (tertiary/aromatic N) is 2. The SMILES string of the molecule is CC(C)(C)N(C(=O)O)[C@@H]1CCCC[C@@H]1C(=O)N1CCCC2C(c3ccccc3)Nc3ccccc3C21. The van der Waals surface area contributed by atoms with Crippen LogP contribution < -0.4 is 5.32 Å². The maximum Gasteiger partial charge on any atom is 0.408 e. The fourth-order valence-electron chi connectivity index (χ4n) is 7.02. The van der Waals surface area contributed by atoms with Crippen molar-refractivity contribution in [2.75, 3.05) is 11.9 Å². The van der Waals surface area contributed by atoms with Gasteiger partial charge in [0.05, 0.1) is 18.0 Å². The molecule has 2 amide bonds. The molecule has 0 bridgehead atoms. The zero-order chi connectivity index (χ0) is 25.4. The lowest BCUT2D eigenvalue weighted by molar-refractivity contribution is -0.146. The Morgan fingerprint density at radius 1 is 0.944 bits per heavy atom. The van der Waals surface area contributed by atoms with Crippen molar-refractivity contribution in [3.63, 3.8) is 0 Å². The fourth-order valence-corrected chi connectivity index (χ4v) is 7.02. The highest BCUT2D eigenvalue weighted by Gasteiger charge is 2.48. The van der Waals surface area contributed by atoms with Crippen LogP contribution in [-0.2, 0) is 4.79 Å². The van der Waals surface area contributed by atoms with Gasteiger partial charge in [0.15, 0.2) is 0 Å². The summed E-state index contributed by atoms with van der Waals surface area (Å²) in [6.07, 6.45) is 4.50. The van der Waals surface area contributed by atoms with Crippen LogP contribution in [0.1, 0.15) is 82.5 Å². The number of fused-ring (bicyclic) bond motifs is 3. The van der Waals surface area contributed by atoms with Crippen LogP contribution in [0.15, 0.2) is 54.6 Å². The van der Waals surface area contributed by atoms with E-state index in [-0.39, 0.29) is 35.9 Å². The minimum absolute atomic E-state index is 0.00982. The van der Waals surface area contributed by atoms with Gasteiger partial charge in [0.2, 0.25) is 5.91 Å². The summed E-state index contributed by atoms with van der Waals surface area (Å²) < 4.78 is 0. The highest BCUT2D eigenvalue weighted by atomic mass is 16.4. The Morgan fingerprint density at radius 2 is 1.64 bits per heavy atom. The van der Waals surface area contributed by atoms with Gasteiger partial charge in [-0.25, -0.2) is 4.79 Å². The predicted octanol–water partition coefficient (Wildman–Crippen LogP) is 6.47. The number of anilines is 1. The molecule has 3 unspecified atom stereocenters. The van der Waals surface area contributed by atoms with E-state index in [9.17, 15) is 14.7 Å². The van der Waals surface area contributed by atoms with E-state index in [1.165, 1.54) is 11.1 Å².